The molecule has 4 rings (SSSR count). The zero-order valence-electron chi connectivity index (χ0n) is 17.7. The first-order valence-electron chi connectivity index (χ1n) is 10.9. The van der Waals surface area contributed by atoms with Crippen LogP contribution >= 0.6 is 0 Å². The zero-order chi connectivity index (χ0) is 19.7. The van der Waals surface area contributed by atoms with Crippen molar-refractivity contribution in [3.05, 3.63) is 11.6 Å². The molecule has 0 unspecified atom stereocenters. The van der Waals surface area contributed by atoms with Crippen molar-refractivity contribution in [3.8, 4) is 6.07 Å². The predicted molar refractivity (Wildman–Crippen MR) is 109 cm³/mol. The molecule has 4 aliphatic rings. The molecule has 3 saturated carbocycles. The highest BCUT2D eigenvalue weighted by molar-refractivity contribution is 6.69. The minimum Gasteiger partial charge on any atom is -0.399 e. The number of allylic oxidation sites excluding steroid dienone is 1. The Morgan fingerprint density at radius 2 is 1.78 bits per heavy atom. The van der Waals surface area contributed by atoms with E-state index in [9.17, 15) is 10.1 Å². The van der Waals surface area contributed by atoms with E-state index < -0.39 is 13.9 Å². The van der Waals surface area contributed by atoms with Gasteiger partial charge in [0.2, 0.25) is 0 Å². The molecule has 0 aliphatic heterocycles. The van der Waals surface area contributed by atoms with Crippen LogP contribution < -0.4 is 0 Å². The van der Waals surface area contributed by atoms with Crippen molar-refractivity contribution in [2.24, 2.45) is 28.6 Å². The summed E-state index contributed by atoms with van der Waals surface area (Å²) in [7, 11) is -1.80. The molecule has 0 amide bonds. The van der Waals surface area contributed by atoms with E-state index in [2.05, 4.69) is 39.6 Å². The summed E-state index contributed by atoms with van der Waals surface area (Å²) < 4.78 is 6.66. The van der Waals surface area contributed by atoms with Gasteiger partial charge in [0, 0.05) is 11.8 Å². The van der Waals surface area contributed by atoms with E-state index in [0.717, 1.165) is 32.1 Å². The molecule has 3 fully saturated rings. The third kappa shape index (κ3) is 2.72. The topological polar surface area (TPSA) is 50.1 Å². The molecular weight excluding hydrogens is 350 g/mol. The molecule has 4 heteroatoms. The standard InChI is InChI=1S/C23H35NO2Si/c1-21-11-8-17(25)14-16(21)6-7-18-19(21)9-12-22(2)20(18)10-13-23(22,15-24)26-27(3,4)5/h14,18-20H,6-13H2,1-5H3/t18-,19+,20+,21-,22-,23-/m0/s1. The van der Waals surface area contributed by atoms with Crippen molar-refractivity contribution >= 4 is 14.1 Å². The number of carbonyl (C=O) groups excluding carboxylic acids is 1. The summed E-state index contributed by atoms with van der Waals surface area (Å²) in [5.74, 6) is 2.27. The largest absolute Gasteiger partial charge is 0.399 e. The van der Waals surface area contributed by atoms with Gasteiger partial charge in [-0.05, 0) is 93.8 Å². The average molecular weight is 386 g/mol. The van der Waals surface area contributed by atoms with Crippen molar-refractivity contribution in [3.63, 3.8) is 0 Å². The first-order chi connectivity index (χ1) is 12.5. The summed E-state index contributed by atoms with van der Waals surface area (Å²) in [5, 5.41) is 10.2. The van der Waals surface area contributed by atoms with Gasteiger partial charge in [-0.3, -0.25) is 4.79 Å². The number of rotatable bonds is 2. The van der Waals surface area contributed by atoms with Crippen LogP contribution in [0.25, 0.3) is 0 Å². The summed E-state index contributed by atoms with van der Waals surface area (Å²) in [5.41, 5.74) is 1.01. The van der Waals surface area contributed by atoms with Crippen LogP contribution in [0.2, 0.25) is 19.6 Å². The van der Waals surface area contributed by atoms with Gasteiger partial charge in [0.05, 0.1) is 6.07 Å². The summed E-state index contributed by atoms with van der Waals surface area (Å²) in [6, 6.07) is 2.70. The summed E-state index contributed by atoms with van der Waals surface area (Å²) in [6.45, 7) is 11.4. The normalized spacial score (nSPS) is 46.7. The van der Waals surface area contributed by atoms with Gasteiger partial charge in [0.15, 0.2) is 14.1 Å². The second-order valence-electron chi connectivity index (χ2n) is 11.1. The minimum absolute atomic E-state index is 0.0226. The van der Waals surface area contributed by atoms with E-state index in [0.29, 0.717) is 30.0 Å². The van der Waals surface area contributed by atoms with Crippen LogP contribution in [0.4, 0.5) is 0 Å². The van der Waals surface area contributed by atoms with Gasteiger partial charge in [-0.15, -0.1) is 0 Å². The molecule has 0 saturated heterocycles. The van der Waals surface area contributed by atoms with Crippen LogP contribution in [0.5, 0.6) is 0 Å². The number of hydrogen-bond donors (Lipinski definition) is 0. The van der Waals surface area contributed by atoms with Crippen LogP contribution in [0.1, 0.15) is 65.2 Å². The Labute approximate surface area is 165 Å². The number of fused-ring (bicyclic) bond motifs is 5. The highest BCUT2D eigenvalue weighted by Gasteiger charge is 2.66. The Balaban J connectivity index is 1.68. The van der Waals surface area contributed by atoms with Gasteiger partial charge in [-0.25, -0.2) is 0 Å². The van der Waals surface area contributed by atoms with Gasteiger partial charge in [-0.2, -0.15) is 5.26 Å². The lowest BCUT2D eigenvalue weighted by Gasteiger charge is -2.59. The predicted octanol–water partition coefficient (Wildman–Crippen LogP) is 5.63. The monoisotopic (exact) mass is 385 g/mol. The van der Waals surface area contributed by atoms with Gasteiger partial charge >= 0.3 is 0 Å². The van der Waals surface area contributed by atoms with Crippen molar-refractivity contribution in [1.82, 2.24) is 0 Å². The fourth-order valence-corrected chi connectivity index (χ4v) is 8.88. The maximum absolute atomic E-state index is 12.0. The van der Waals surface area contributed by atoms with E-state index in [1.807, 2.05) is 6.08 Å². The Morgan fingerprint density at radius 3 is 2.44 bits per heavy atom. The summed E-state index contributed by atoms with van der Waals surface area (Å²) in [4.78, 5) is 12.0. The highest BCUT2D eigenvalue weighted by atomic mass is 28.4. The Kier molecular flexibility index (Phi) is 4.34. The van der Waals surface area contributed by atoms with Gasteiger partial charge in [0.25, 0.3) is 0 Å². The average Bonchev–Trinajstić information content (AvgIpc) is 2.87. The Morgan fingerprint density at radius 1 is 1.07 bits per heavy atom. The molecule has 6 atom stereocenters. The number of nitriles is 1. The number of ketones is 1. The molecule has 0 spiro atoms. The van der Waals surface area contributed by atoms with Crippen molar-refractivity contribution in [1.29, 1.82) is 5.26 Å². The van der Waals surface area contributed by atoms with Crippen molar-refractivity contribution in [2.75, 3.05) is 0 Å². The first-order valence-corrected chi connectivity index (χ1v) is 14.3. The Bertz CT molecular complexity index is 732. The maximum Gasteiger partial charge on any atom is 0.185 e. The van der Waals surface area contributed by atoms with Crippen LogP contribution in [-0.2, 0) is 9.22 Å². The molecule has 27 heavy (non-hydrogen) atoms. The lowest BCUT2D eigenvalue weighted by Crippen LogP contribution is -2.57. The van der Waals surface area contributed by atoms with Gasteiger partial charge in [-0.1, -0.05) is 19.4 Å². The smallest absolute Gasteiger partial charge is 0.185 e. The van der Waals surface area contributed by atoms with E-state index in [1.165, 1.54) is 18.4 Å². The SMILES string of the molecule is C[C@]12CCC(=O)C=C1CC[C@H]1[C@H]2CC[C@@]2(C)[C@@H]1CC[C@@]2(C#N)O[Si](C)(C)C. The fraction of sp³-hybridized carbons (Fsp3) is 0.826. The minimum atomic E-state index is -1.80. The van der Waals surface area contributed by atoms with Gasteiger partial charge < -0.3 is 4.43 Å². The van der Waals surface area contributed by atoms with Crippen molar-refractivity contribution in [2.45, 2.75) is 90.5 Å². The summed E-state index contributed by atoms with van der Waals surface area (Å²) >= 11 is 0. The zero-order valence-corrected chi connectivity index (χ0v) is 18.7. The molecule has 0 aromatic rings. The fourth-order valence-electron chi connectivity index (χ4n) is 7.45. The quantitative estimate of drug-likeness (QED) is 0.579. The van der Waals surface area contributed by atoms with E-state index in [1.54, 1.807) is 0 Å². The Hall–Kier alpha value is -0.923. The molecule has 0 radical (unpaired) electrons. The van der Waals surface area contributed by atoms with Crippen LogP contribution in [0.3, 0.4) is 0 Å². The molecular formula is C23H35NO2Si. The number of nitrogens with zero attached hydrogens (tertiary/aromatic N) is 1. The van der Waals surface area contributed by atoms with Crippen LogP contribution in [0, 0.1) is 39.9 Å². The maximum atomic E-state index is 12.0. The lowest BCUT2D eigenvalue weighted by atomic mass is 9.46. The number of hydrogen-bond acceptors (Lipinski definition) is 3. The molecule has 0 bridgehead atoms. The van der Waals surface area contributed by atoms with Gasteiger partial charge in [0.1, 0.15) is 5.60 Å². The third-order valence-corrected chi connectivity index (χ3v) is 9.70. The third-order valence-electron chi connectivity index (χ3n) is 8.74. The second-order valence-corrected chi connectivity index (χ2v) is 15.5. The molecule has 0 aromatic heterocycles. The molecule has 148 valence electrons. The second kappa shape index (κ2) is 6.04. The molecule has 0 aromatic carbocycles. The molecule has 3 nitrogen and oxygen atoms in total. The van der Waals surface area contributed by atoms with E-state index in [4.69, 9.17) is 4.43 Å². The highest BCUT2D eigenvalue weighted by Crippen LogP contribution is 2.68. The van der Waals surface area contributed by atoms with Crippen LogP contribution in [-0.4, -0.2) is 19.7 Å². The first kappa shape index (κ1) is 19.4. The van der Waals surface area contributed by atoms with E-state index >= 15 is 0 Å². The van der Waals surface area contributed by atoms with Crippen LogP contribution in [0.15, 0.2) is 11.6 Å². The van der Waals surface area contributed by atoms with E-state index in [-0.39, 0.29) is 10.8 Å². The lowest BCUT2D eigenvalue weighted by molar-refractivity contribution is -0.118. The van der Waals surface area contributed by atoms with Crippen molar-refractivity contribution < 1.29 is 9.22 Å². The molecule has 0 heterocycles. The molecule has 0 N–H and O–H groups in total. The molecule has 4 aliphatic carbocycles. The number of carbonyl (C=O) groups is 1. The summed E-state index contributed by atoms with van der Waals surface area (Å²) in [6.07, 6.45) is 10.3.